The van der Waals surface area contributed by atoms with Crippen molar-refractivity contribution in [3.63, 3.8) is 0 Å². The second-order valence-corrected chi connectivity index (χ2v) is 4.83. The summed E-state index contributed by atoms with van der Waals surface area (Å²) in [6, 6.07) is 14.0. The molecule has 2 rings (SSSR count). The normalized spacial score (nSPS) is 13.0. The molecule has 0 saturated heterocycles. The summed E-state index contributed by atoms with van der Waals surface area (Å²) < 4.78 is 13.3. The summed E-state index contributed by atoms with van der Waals surface area (Å²) >= 11 is 0. The first-order valence-corrected chi connectivity index (χ1v) is 6.64. The smallest absolute Gasteiger partial charge is 0.148 e. The van der Waals surface area contributed by atoms with Gasteiger partial charge in [0.05, 0.1) is 5.92 Å². The van der Waals surface area contributed by atoms with Crippen LogP contribution in [0.15, 0.2) is 53.7 Å². The molecule has 0 aliphatic rings. The van der Waals surface area contributed by atoms with Crippen LogP contribution in [0.3, 0.4) is 0 Å². The number of nitrogens with two attached hydrogens (primary N) is 1. The van der Waals surface area contributed by atoms with Gasteiger partial charge in [-0.3, -0.25) is 0 Å². The van der Waals surface area contributed by atoms with Crippen molar-refractivity contribution in [3.05, 3.63) is 65.5 Å². The first-order chi connectivity index (χ1) is 10.1. The summed E-state index contributed by atoms with van der Waals surface area (Å²) in [6.07, 6.45) is 0. The Labute approximate surface area is 123 Å². The maximum atomic E-state index is 13.3. The zero-order valence-electron chi connectivity index (χ0n) is 11.8. The maximum absolute atomic E-state index is 13.3. The molecule has 5 heteroatoms. The number of amidine groups is 1. The molecular weight excluding hydrogens is 269 g/mol. The Bertz CT molecular complexity index is 629. The molecule has 0 fully saturated rings. The monoisotopic (exact) mass is 287 g/mol. The molecule has 21 heavy (non-hydrogen) atoms. The van der Waals surface area contributed by atoms with Crippen LogP contribution in [0.4, 0.5) is 10.1 Å². The van der Waals surface area contributed by atoms with E-state index in [1.807, 2.05) is 37.3 Å². The minimum absolute atomic E-state index is 0.114. The number of nitrogens with zero attached hydrogens (tertiary/aromatic N) is 1. The van der Waals surface area contributed by atoms with Crippen molar-refractivity contribution in [3.8, 4) is 0 Å². The summed E-state index contributed by atoms with van der Waals surface area (Å²) in [4.78, 5) is 0. The van der Waals surface area contributed by atoms with E-state index >= 15 is 0 Å². The SMILES string of the molecule is Cc1ccc(F)cc1NCC(C(N)=NO)c1ccccc1. The van der Waals surface area contributed by atoms with Crippen molar-refractivity contribution in [2.45, 2.75) is 12.8 Å². The van der Waals surface area contributed by atoms with Gasteiger partial charge >= 0.3 is 0 Å². The molecule has 0 amide bonds. The van der Waals surface area contributed by atoms with Crippen LogP contribution in [-0.4, -0.2) is 17.6 Å². The Kier molecular flexibility index (Phi) is 4.77. The first kappa shape index (κ1) is 14.8. The molecule has 0 saturated carbocycles. The van der Waals surface area contributed by atoms with Gasteiger partial charge in [0.25, 0.3) is 0 Å². The maximum Gasteiger partial charge on any atom is 0.148 e. The summed E-state index contributed by atoms with van der Waals surface area (Å²) in [6.45, 7) is 2.30. The number of rotatable bonds is 5. The number of aryl methyl sites for hydroxylation is 1. The van der Waals surface area contributed by atoms with Gasteiger partial charge in [0.15, 0.2) is 0 Å². The van der Waals surface area contributed by atoms with Crippen molar-refractivity contribution >= 4 is 11.5 Å². The number of halogens is 1. The van der Waals surface area contributed by atoms with Crippen LogP contribution >= 0.6 is 0 Å². The molecule has 2 aromatic rings. The highest BCUT2D eigenvalue weighted by atomic mass is 19.1. The summed E-state index contributed by atoms with van der Waals surface area (Å²) in [7, 11) is 0. The van der Waals surface area contributed by atoms with Gasteiger partial charge in [-0.15, -0.1) is 0 Å². The lowest BCUT2D eigenvalue weighted by molar-refractivity contribution is 0.316. The molecule has 0 spiro atoms. The second kappa shape index (κ2) is 6.74. The van der Waals surface area contributed by atoms with Gasteiger partial charge in [-0.05, 0) is 30.2 Å². The van der Waals surface area contributed by atoms with Gasteiger partial charge in [0, 0.05) is 12.2 Å². The molecule has 0 radical (unpaired) electrons. The van der Waals surface area contributed by atoms with E-state index in [-0.39, 0.29) is 17.6 Å². The van der Waals surface area contributed by atoms with Gasteiger partial charge in [0.1, 0.15) is 11.7 Å². The molecule has 0 aromatic heterocycles. The van der Waals surface area contributed by atoms with Gasteiger partial charge in [-0.25, -0.2) is 4.39 Å². The van der Waals surface area contributed by atoms with E-state index in [4.69, 9.17) is 10.9 Å². The minimum Gasteiger partial charge on any atom is -0.409 e. The van der Waals surface area contributed by atoms with Crippen LogP contribution in [-0.2, 0) is 0 Å². The van der Waals surface area contributed by atoms with Gasteiger partial charge < -0.3 is 16.3 Å². The largest absolute Gasteiger partial charge is 0.409 e. The molecule has 1 unspecified atom stereocenters. The van der Waals surface area contributed by atoms with Crippen molar-refractivity contribution < 1.29 is 9.60 Å². The van der Waals surface area contributed by atoms with E-state index in [0.717, 1.165) is 11.1 Å². The third-order valence-electron chi connectivity index (χ3n) is 3.37. The highest BCUT2D eigenvalue weighted by Crippen LogP contribution is 2.20. The Balaban J connectivity index is 2.19. The first-order valence-electron chi connectivity index (χ1n) is 6.64. The van der Waals surface area contributed by atoms with Crippen LogP contribution in [0.25, 0.3) is 0 Å². The van der Waals surface area contributed by atoms with Crippen molar-refractivity contribution in [1.29, 1.82) is 0 Å². The van der Waals surface area contributed by atoms with Crippen LogP contribution in [0, 0.1) is 12.7 Å². The molecule has 0 bridgehead atoms. The van der Waals surface area contributed by atoms with Crippen LogP contribution < -0.4 is 11.1 Å². The third kappa shape index (κ3) is 3.72. The average molecular weight is 287 g/mol. The van der Waals surface area contributed by atoms with Crippen molar-refractivity contribution in [2.24, 2.45) is 10.9 Å². The average Bonchev–Trinajstić information content (AvgIpc) is 2.51. The lowest BCUT2D eigenvalue weighted by Gasteiger charge is -2.18. The van der Waals surface area contributed by atoms with Crippen molar-refractivity contribution in [1.82, 2.24) is 0 Å². The van der Waals surface area contributed by atoms with E-state index < -0.39 is 0 Å². The molecule has 0 heterocycles. The lowest BCUT2D eigenvalue weighted by Crippen LogP contribution is -2.28. The van der Waals surface area contributed by atoms with E-state index in [0.29, 0.717) is 12.2 Å². The second-order valence-electron chi connectivity index (χ2n) is 4.83. The number of oxime groups is 1. The molecule has 0 aliphatic heterocycles. The quantitative estimate of drug-likeness (QED) is 0.342. The number of hydrogen-bond acceptors (Lipinski definition) is 3. The molecule has 4 N–H and O–H groups in total. The standard InChI is InChI=1S/C16H18FN3O/c1-11-7-8-13(17)9-15(11)19-10-14(16(18)20-21)12-5-3-2-4-6-12/h2-9,14,19,21H,10H2,1H3,(H2,18,20). The number of anilines is 1. The van der Waals surface area contributed by atoms with Crippen LogP contribution in [0.1, 0.15) is 17.0 Å². The Morgan fingerprint density at radius 3 is 2.67 bits per heavy atom. The minimum atomic E-state index is -0.303. The third-order valence-corrected chi connectivity index (χ3v) is 3.37. The fourth-order valence-electron chi connectivity index (χ4n) is 2.14. The van der Waals surface area contributed by atoms with Crippen LogP contribution in [0.2, 0.25) is 0 Å². The van der Waals surface area contributed by atoms with Gasteiger partial charge in [-0.2, -0.15) is 0 Å². The summed E-state index contributed by atoms with van der Waals surface area (Å²) in [5, 5.41) is 15.2. The van der Waals surface area contributed by atoms with Crippen LogP contribution in [0.5, 0.6) is 0 Å². The van der Waals surface area contributed by atoms with Gasteiger partial charge in [-0.1, -0.05) is 41.6 Å². The highest BCUT2D eigenvalue weighted by Gasteiger charge is 2.16. The molecule has 1 atom stereocenters. The summed E-state index contributed by atoms with van der Waals surface area (Å²) in [5.41, 5.74) is 8.32. The molecule has 110 valence electrons. The molecule has 0 aliphatic carbocycles. The fraction of sp³-hybridized carbons (Fsp3) is 0.188. The Morgan fingerprint density at radius 2 is 2.00 bits per heavy atom. The van der Waals surface area contributed by atoms with E-state index in [2.05, 4.69) is 10.5 Å². The number of nitrogens with one attached hydrogen (secondary N) is 1. The molecular formula is C16H18FN3O. The number of benzene rings is 2. The van der Waals surface area contributed by atoms with Crippen molar-refractivity contribution in [2.75, 3.05) is 11.9 Å². The molecule has 2 aromatic carbocycles. The Morgan fingerprint density at radius 1 is 1.29 bits per heavy atom. The van der Waals surface area contributed by atoms with Gasteiger partial charge in [0.2, 0.25) is 0 Å². The zero-order valence-corrected chi connectivity index (χ0v) is 11.8. The predicted molar refractivity (Wildman–Crippen MR) is 82.2 cm³/mol. The topological polar surface area (TPSA) is 70.6 Å². The molecule has 4 nitrogen and oxygen atoms in total. The lowest BCUT2D eigenvalue weighted by atomic mass is 9.98. The van der Waals surface area contributed by atoms with E-state index in [9.17, 15) is 4.39 Å². The highest BCUT2D eigenvalue weighted by molar-refractivity contribution is 5.87. The van der Waals surface area contributed by atoms with E-state index in [1.54, 1.807) is 6.07 Å². The summed E-state index contributed by atoms with van der Waals surface area (Å²) in [5.74, 6) is -0.482. The van der Waals surface area contributed by atoms with E-state index in [1.165, 1.54) is 12.1 Å². The fourth-order valence-corrected chi connectivity index (χ4v) is 2.14. The zero-order chi connectivity index (χ0) is 15.2. The predicted octanol–water partition coefficient (Wildman–Crippen LogP) is 3.08. The Hall–Kier alpha value is -2.56. The number of hydrogen-bond donors (Lipinski definition) is 3.